The minimum Gasteiger partial charge on any atom is -0.493 e. The molecule has 2 aromatic heterocycles. The Kier molecular flexibility index (Phi) is 13.6. The van der Waals surface area contributed by atoms with E-state index in [0.29, 0.717) is 22.6 Å². The second kappa shape index (κ2) is 18.5. The van der Waals surface area contributed by atoms with Crippen LogP contribution in [0.25, 0.3) is 11.4 Å². The second-order valence-corrected chi connectivity index (χ2v) is 11.4. The van der Waals surface area contributed by atoms with E-state index in [1.54, 1.807) is 61.5 Å². The van der Waals surface area contributed by atoms with E-state index in [9.17, 15) is 55.0 Å². The number of esters is 1. The van der Waals surface area contributed by atoms with Crippen LogP contribution in [0.15, 0.2) is 107 Å². The van der Waals surface area contributed by atoms with Crippen LogP contribution in [0.2, 0.25) is 0 Å². The number of aromatic nitrogens is 4. The van der Waals surface area contributed by atoms with Crippen LogP contribution in [0.1, 0.15) is 48.0 Å². The molecule has 0 aliphatic heterocycles. The zero-order valence-electron chi connectivity index (χ0n) is 29.9. The van der Waals surface area contributed by atoms with Gasteiger partial charge in [0.15, 0.2) is 5.69 Å². The molecule has 58 heavy (non-hydrogen) atoms. The summed E-state index contributed by atoms with van der Waals surface area (Å²) >= 11 is 0. The van der Waals surface area contributed by atoms with Crippen molar-refractivity contribution in [1.82, 2.24) is 19.6 Å². The maximum Gasteiger partial charge on any atom is 0.359 e. The van der Waals surface area contributed by atoms with Gasteiger partial charge in [0.2, 0.25) is 11.8 Å². The number of carboxylic acids is 2. The molecule has 0 saturated heterocycles. The number of methoxy groups -OCH3 is 1. The number of ether oxygens (including phenoxy) is 1. The fourth-order valence-electron chi connectivity index (χ4n) is 5.08. The molecule has 0 amide bonds. The number of rotatable bonds is 11. The Hall–Kier alpha value is -8.04. The van der Waals surface area contributed by atoms with Crippen molar-refractivity contribution in [3.8, 4) is 23.1 Å². The van der Waals surface area contributed by atoms with Crippen molar-refractivity contribution >= 4 is 53.1 Å². The number of benzene rings is 4. The second-order valence-electron chi connectivity index (χ2n) is 11.4. The molecule has 0 atom stereocenters. The van der Waals surface area contributed by atoms with Gasteiger partial charge < -0.3 is 25.2 Å². The monoisotopic (exact) mass is 835 g/mol. The van der Waals surface area contributed by atoms with Crippen LogP contribution in [0.3, 0.4) is 0 Å². The van der Waals surface area contributed by atoms with Gasteiger partial charge in [-0.05, 0) is 43.3 Å². The van der Waals surface area contributed by atoms with Crippen molar-refractivity contribution in [3.05, 3.63) is 151 Å². The Labute approximate surface area is 336 Å². The maximum atomic E-state index is 12.1. The van der Waals surface area contributed by atoms with Crippen LogP contribution in [0.5, 0.6) is 11.8 Å². The summed E-state index contributed by atoms with van der Waals surface area (Å²) in [5, 5.41) is 69.6. The fourth-order valence-corrected chi connectivity index (χ4v) is 5.08. The molecule has 0 aliphatic carbocycles. The summed E-state index contributed by atoms with van der Waals surface area (Å²) in [6.07, 6.45) is 2.33. The third-order valence-electron chi connectivity index (χ3n) is 7.87. The minimum atomic E-state index is -1.43. The molecular weight excluding hydrogens is 807 g/mol. The van der Waals surface area contributed by atoms with E-state index in [4.69, 9.17) is 0 Å². The summed E-state index contributed by atoms with van der Waals surface area (Å²) in [4.78, 5) is 63.3. The van der Waals surface area contributed by atoms with Crippen LogP contribution in [0, 0.1) is 27.2 Å². The zero-order chi connectivity index (χ0) is 41.4. The molecule has 0 aliphatic rings. The van der Waals surface area contributed by atoms with Crippen LogP contribution in [-0.2, 0) is 21.5 Å². The van der Waals surface area contributed by atoms with Crippen molar-refractivity contribution in [2.24, 2.45) is 9.98 Å². The van der Waals surface area contributed by atoms with Crippen molar-refractivity contribution in [3.63, 3.8) is 0 Å². The Morgan fingerprint density at radius 3 is 1.52 bits per heavy atom. The number of non-ortho nitro benzene ring substituents is 2. The summed E-state index contributed by atoms with van der Waals surface area (Å²) in [5.41, 5.74) is -0.0308. The molecule has 21 heteroatoms. The SMILES string of the molecule is COC(=O)c1nn(-c2ccccc2)c(O)c1C=Nc1ccc([N+](=O)[O-])cc1C(=O)O.Cc1nn(-c2ccccc2)c(O)c1C=Nc1ccc([N+](=O)[O-])cc1C(=O)O.[Co]. The number of nitro benzene ring substituents is 2. The summed E-state index contributed by atoms with van der Waals surface area (Å²) in [7, 11) is 1.14. The molecule has 297 valence electrons. The molecule has 6 aromatic rings. The molecule has 4 aromatic carbocycles. The Morgan fingerprint density at radius 1 is 0.690 bits per heavy atom. The standard InChI is InChI=1S/C19H14N4O7.C18H14N4O5.Co/c1-30-19(27)16-14(17(24)22(21-16)11-5-3-2-4-6-11)10-20-15-8-7-12(23(28)29)9-13(15)18(25)26;1-11-15(17(23)21(20-11)12-5-3-2-4-6-12)10-19-16-8-7-13(22(26)27)9-14(16)18(24)25;/h2-10,24H,1H3,(H,25,26);2-10,23H,1H3,(H,24,25);. The molecule has 0 fully saturated rings. The topological polar surface area (TPSA) is 288 Å². The average molecular weight is 836 g/mol. The molecule has 20 nitrogen and oxygen atoms in total. The zero-order valence-corrected chi connectivity index (χ0v) is 30.9. The first-order chi connectivity index (χ1) is 27.2. The van der Waals surface area contributed by atoms with Gasteiger partial charge in [0.1, 0.15) is 0 Å². The van der Waals surface area contributed by atoms with Gasteiger partial charge in [-0.3, -0.25) is 30.2 Å². The van der Waals surface area contributed by atoms with Crippen LogP contribution in [-0.4, -0.2) is 87.3 Å². The van der Waals surface area contributed by atoms with Crippen LogP contribution in [0.4, 0.5) is 22.7 Å². The average Bonchev–Trinajstić information content (AvgIpc) is 3.69. The molecule has 0 unspecified atom stereocenters. The molecule has 6 rings (SSSR count). The van der Waals surface area contributed by atoms with Gasteiger partial charge in [0, 0.05) is 53.5 Å². The maximum absolute atomic E-state index is 12.1. The van der Waals surface area contributed by atoms with Crippen molar-refractivity contribution in [1.29, 1.82) is 0 Å². The summed E-state index contributed by atoms with van der Waals surface area (Å²) in [5.74, 6) is -4.19. The molecule has 4 N–H and O–H groups in total. The van der Waals surface area contributed by atoms with Gasteiger partial charge in [0.25, 0.3) is 11.4 Å². The number of aromatic carboxylic acids is 2. The number of hydrogen-bond donors (Lipinski definition) is 4. The van der Waals surface area contributed by atoms with Gasteiger partial charge in [-0.25, -0.2) is 19.1 Å². The number of aromatic hydroxyl groups is 2. The van der Waals surface area contributed by atoms with E-state index >= 15 is 0 Å². The number of hydrogen-bond acceptors (Lipinski definition) is 14. The first-order valence-electron chi connectivity index (χ1n) is 16.1. The molecule has 0 spiro atoms. The Balaban J connectivity index is 0.000000254. The van der Waals surface area contributed by atoms with E-state index in [2.05, 4.69) is 24.9 Å². The third kappa shape index (κ3) is 9.42. The number of aryl methyl sites for hydroxylation is 1. The molecular formula is C37H28CoN8O12. The fraction of sp³-hybridized carbons (Fsp3) is 0.0541. The Morgan fingerprint density at radius 2 is 1.10 bits per heavy atom. The number of carbonyl (C=O) groups is 3. The van der Waals surface area contributed by atoms with Gasteiger partial charge in [-0.15, -0.1) is 0 Å². The predicted molar refractivity (Wildman–Crippen MR) is 201 cm³/mol. The largest absolute Gasteiger partial charge is 0.493 e. The van der Waals surface area contributed by atoms with E-state index < -0.39 is 44.9 Å². The normalized spacial score (nSPS) is 10.7. The van der Waals surface area contributed by atoms with Gasteiger partial charge in [-0.1, -0.05) is 36.4 Å². The number of nitrogens with zero attached hydrogens (tertiary/aromatic N) is 8. The first-order valence-corrected chi connectivity index (χ1v) is 16.1. The van der Waals surface area contributed by atoms with Gasteiger partial charge >= 0.3 is 17.9 Å². The van der Waals surface area contributed by atoms with Gasteiger partial charge in [-0.2, -0.15) is 14.9 Å². The van der Waals surface area contributed by atoms with E-state index in [1.807, 2.05) is 6.07 Å². The minimum absolute atomic E-state index is 0. The Bertz CT molecular complexity index is 2590. The third-order valence-corrected chi connectivity index (χ3v) is 7.87. The first kappa shape index (κ1) is 42.7. The van der Waals surface area contributed by atoms with E-state index in [0.717, 1.165) is 42.3 Å². The van der Waals surface area contributed by atoms with E-state index in [-0.39, 0.29) is 56.5 Å². The summed E-state index contributed by atoms with van der Waals surface area (Å²) in [6.45, 7) is 1.68. The number of para-hydroxylation sites is 2. The number of carbonyl (C=O) groups excluding carboxylic acids is 1. The van der Waals surface area contributed by atoms with Gasteiger partial charge in [0.05, 0.1) is 67.7 Å². The van der Waals surface area contributed by atoms with Crippen molar-refractivity contribution in [2.45, 2.75) is 6.92 Å². The number of nitro groups is 2. The summed E-state index contributed by atoms with van der Waals surface area (Å²) < 4.78 is 7.12. The van der Waals surface area contributed by atoms with Crippen LogP contribution >= 0.6 is 0 Å². The molecule has 1 radical (unpaired) electrons. The number of aliphatic imine (C=N–C) groups is 2. The predicted octanol–water partition coefficient (Wildman–Crippen LogP) is 5.96. The van der Waals surface area contributed by atoms with Crippen LogP contribution < -0.4 is 0 Å². The summed E-state index contributed by atoms with van der Waals surface area (Å²) in [6, 6.07) is 23.9. The smallest absolute Gasteiger partial charge is 0.359 e. The van der Waals surface area contributed by atoms with E-state index in [1.165, 1.54) is 23.0 Å². The molecule has 0 bridgehead atoms. The van der Waals surface area contributed by atoms with Crippen molar-refractivity contribution < 1.29 is 66.2 Å². The molecule has 0 saturated carbocycles. The number of carboxylic acid groups (broad SMARTS) is 2. The molecule has 2 heterocycles. The quantitative estimate of drug-likeness (QED) is 0.0507. The van der Waals surface area contributed by atoms with Crippen molar-refractivity contribution in [2.75, 3.05) is 7.11 Å².